The Balaban J connectivity index is 1.93. The summed E-state index contributed by atoms with van der Waals surface area (Å²) in [5.74, 6) is 0.520. The van der Waals surface area contributed by atoms with Crippen LogP contribution in [0.2, 0.25) is 0 Å². The summed E-state index contributed by atoms with van der Waals surface area (Å²) in [5.41, 5.74) is 0.886. The lowest BCUT2D eigenvalue weighted by molar-refractivity contribution is 0.150. The van der Waals surface area contributed by atoms with Crippen LogP contribution in [-0.2, 0) is 13.5 Å². The lowest BCUT2D eigenvalue weighted by Crippen LogP contribution is -2.12. The van der Waals surface area contributed by atoms with Crippen molar-refractivity contribution in [1.82, 2.24) is 15.0 Å². The van der Waals surface area contributed by atoms with Gasteiger partial charge in [0.05, 0.1) is 11.8 Å². The van der Waals surface area contributed by atoms with Crippen molar-refractivity contribution >= 4 is 0 Å². The van der Waals surface area contributed by atoms with Gasteiger partial charge >= 0.3 is 0 Å². The largest absolute Gasteiger partial charge is 0.392 e. The minimum Gasteiger partial charge on any atom is -0.392 e. The molecule has 1 aromatic rings. The molecule has 0 radical (unpaired) electrons. The van der Waals surface area contributed by atoms with Crippen molar-refractivity contribution < 1.29 is 5.11 Å². The second kappa shape index (κ2) is 2.86. The molecular weight excluding hydrogens is 154 g/mol. The zero-order valence-corrected chi connectivity index (χ0v) is 7.14. The maximum atomic E-state index is 9.57. The summed E-state index contributed by atoms with van der Waals surface area (Å²) >= 11 is 0. The van der Waals surface area contributed by atoms with Crippen molar-refractivity contribution in [3.8, 4) is 0 Å². The van der Waals surface area contributed by atoms with Crippen LogP contribution >= 0.6 is 0 Å². The highest BCUT2D eigenvalue weighted by molar-refractivity contribution is 4.97. The third-order valence-electron chi connectivity index (χ3n) is 2.23. The number of aliphatic hydroxyl groups is 1. The monoisotopic (exact) mass is 167 g/mol. The van der Waals surface area contributed by atoms with E-state index in [2.05, 4.69) is 10.3 Å². The topological polar surface area (TPSA) is 50.9 Å². The van der Waals surface area contributed by atoms with Gasteiger partial charge in [0.25, 0.3) is 0 Å². The molecule has 1 saturated carbocycles. The van der Waals surface area contributed by atoms with Crippen LogP contribution in [0.3, 0.4) is 0 Å². The molecule has 1 aromatic heterocycles. The Kier molecular flexibility index (Phi) is 1.84. The number of hydrogen-bond acceptors (Lipinski definition) is 3. The van der Waals surface area contributed by atoms with Gasteiger partial charge in [0.15, 0.2) is 0 Å². The van der Waals surface area contributed by atoms with Gasteiger partial charge in [-0.05, 0) is 18.8 Å². The molecule has 4 nitrogen and oxygen atoms in total. The number of hydrogen-bond donors (Lipinski definition) is 1. The Hall–Kier alpha value is -0.900. The molecule has 0 bridgehead atoms. The third-order valence-corrected chi connectivity index (χ3v) is 2.23. The van der Waals surface area contributed by atoms with Crippen LogP contribution < -0.4 is 0 Å². The van der Waals surface area contributed by atoms with Crippen molar-refractivity contribution in [1.29, 1.82) is 0 Å². The Labute approximate surface area is 71.2 Å². The summed E-state index contributed by atoms with van der Waals surface area (Å²) in [6.45, 7) is 0. The smallest absolute Gasteiger partial charge is 0.0852 e. The van der Waals surface area contributed by atoms with Crippen molar-refractivity contribution in [3.05, 3.63) is 11.9 Å². The zero-order chi connectivity index (χ0) is 8.55. The van der Waals surface area contributed by atoms with Gasteiger partial charge in [-0.15, -0.1) is 5.10 Å². The van der Waals surface area contributed by atoms with Crippen molar-refractivity contribution in [2.75, 3.05) is 0 Å². The van der Waals surface area contributed by atoms with Crippen LogP contribution in [0.15, 0.2) is 6.20 Å². The molecule has 1 N–H and O–H groups in total. The predicted octanol–water partition coefficient (Wildman–Crippen LogP) is 0.128. The second-order valence-electron chi connectivity index (χ2n) is 3.49. The maximum Gasteiger partial charge on any atom is 0.0852 e. The van der Waals surface area contributed by atoms with E-state index in [4.69, 9.17) is 0 Å². The highest BCUT2D eigenvalue weighted by Gasteiger charge is 2.30. The van der Waals surface area contributed by atoms with E-state index in [0.29, 0.717) is 12.3 Å². The maximum absolute atomic E-state index is 9.57. The van der Waals surface area contributed by atoms with Gasteiger partial charge in [0.1, 0.15) is 0 Å². The molecule has 1 aliphatic carbocycles. The molecule has 1 aliphatic rings. The van der Waals surface area contributed by atoms with E-state index in [0.717, 1.165) is 5.69 Å². The van der Waals surface area contributed by atoms with Crippen molar-refractivity contribution in [2.45, 2.75) is 25.4 Å². The average Bonchev–Trinajstić information content (AvgIpc) is 2.78. The highest BCUT2D eigenvalue weighted by Crippen LogP contribution is 2.33. The fourth-order valence-corrected chi connectivity index (χ4v) is 1.35. The van der Waals surface area contributed by atoms with Crippen LogP contribution in [0.25, 0.3) is 0 Å². The molecule has 1 heterocycles. The number of nitrogens with zero attached hydrogens (tertiary/aromatic N) is 3. The molecule has 0 amide bonds. The fraction of sp³-hybridized carbons (Fsp3) is 0.750. The SMILES string of the molecule is Cn1cc(CC(O)C2CC2)nn1. The van der Waals surface area contributed by atoms with Crippen molar-refractivity contribution in [2.24, 2.45) is 13.0 Å². The van der Waals surface area contributed by atoms with Gasteiger partial charge in [0, 0.05) is 19.7 Å². The number of aryl methyl sites for hydroxylation is 1. The summed E-state index contributed by atoms with van der Waals surface area (Å²) in [5, 5.41) is 17.3. The van der Waals surface area contributed by atoms with Gasteiger partial charge in [0.2, 0.25) is 0 Å². The molecule has 0 aromatic carbocycles. The summed E-state index contributed by atoms with van der Waals surface area (Å²) < 4.78 is 1.66. The molecule has 0 aliphatic heterocycles. The van der Waals surface area contributed by atoms with Gasteiger partial charge in [-0.3, -0.25) is 4.68 Å². The fourth-order valence-electron chi connectivity index (χ4n) is 1.35. The van der Waals surface area contributed by atoms with Crippen LogP contribution in [-0.4, -0.2) is 26.2 Å². The van der Waals surface area contributed by atoms with Gasteiger partial charge < -0.3 is 5.11 Å². The predicted molar refractivity (Wildman–Crippen MR) is 43.4 cm³/mol. The Bertz CT molecular complexity index is 267. The highest BCUT2D eigenvalue weighted by atomic mass is 16.3. The molecule has 4 heteroatoms. The zero-order valence-electron chi connectivity index (χ0n) is 7.14. The minimum atomic E-state index is -0.207. The summed E-state index contributed by atoms with van der Waals surface area (Å²) in [7, 11) is 1.83. The summed E-state index contributed by atoms with van der Waals surface area (Å²) in [6, 6.07) is 0. The van der Waals surface area contributed by atoms with Crippen LogP contribution in [0.1, 0.15) is 18.5 Å². The van der Waals surface area contributed by atoms with E-state index in [9.17, 15) is 5.11 Å². The standard InChI is InChI=1S/C8H13N3O/c1-11-5-7(9-10-11)4-8(12)6-2-3-6/h5-6,8,12H,2-4H2,1H3. The first-order valence-electron chi connectivity index (χ1n) is 4.29. The van der Waals surface area contributed by atoms with E-state index in [-0.39, 0.29) is 6.10 Å². The number of rotatable bonds is 3. The van der Waals surface area contributed by atoms with E-state index >= 15 is 0 Å². The molecular formula is C8H13N3O. The van der Waals surface area contributed by atoms with Gasteiger partial charge in [-0.2, -0.15) is 0 Å². The molecule has 66 valence electrons. The van der Waals surface area contributed by atoms with Crippen LogP contribution in [0.4, 0.5) is 0 Å². The van der Waals surface area contributed by atoms with E-state index in [1.54, 1.807) is 4.68 Å². The minimum absolute atomic E-state index is 0.207. The molecule has 1 atom stereocenters. The number of aliphatic hydroxyl groups excluding tert-OH is 1. The second-order valence-corrected chi connectivity index (χ2v) is 3.49. The quantitative estimate of drug-likeness (QED) is 0.696. The first-order chi connectivity index (χ1) is 5.75. The average molecular weight is 167 g/mol. The van der Waals surface area contributed by atoms with E-state index in [1.807, 2.05) is 13.2 Å². The van der Waals surface area contributed by atoms with Gasteiger partial charge in [-0.25, -0.2) is 0 Å². The van der Waals surface area contributed by atoms with Gasteiger partial charge in [-0.1, -0.05) is 5.21 Å². The Morgan fingerprint density at radius 2 is 2.50 bits per heavy atom. The summed E-state index contributed by atoms with van der Waals surface area (Å²) in [4.78, 5) is 0. The molecule has 0 saturated heterocycles. The molecule has 12 heavy (non-hydrogen) atoms. The molecule has 2 rings (SSSR count). The van der Waals surface area contributed by atoms with Crippen molar-refractivity contribution in [3.63, 3.8) is 0 Å². The summed E-state index contributed by atoms with van der Waals surface area (Å²) in [6.07, 6.45) is 4.63. The first kappa shape index (κ1) is 7.73. The van der Waals surface area contributed by atoms with E-state index in [1.165, 1.54) is 12.8 Å². The molecule has 1 unspecified atom stereocenters. The van der Waals surface area contributed by atoms with E-state index < -0.39 is 0 Å². The lowest BCUT2D eigenvalue weighted by atomic mass is 10.1. The first-order valence-corrected chi connectivity index (χ1v) is 4.29. The lowest BCUT2D eigenvalue weighted by Gasteiger charge is -2.04. The Morgan fingerprint density at radius 3 is 3.00 bits per heavy atom. The molecule has 1 fully saturated rings. The third kappa shape index (κ3) is 1.64. The van der Waals surface area contributed by atoms with Crippen LogP contribution in [0, 0.1) is 5.92 Å². The van der Waals surface area contributed by atoms with Crippen LogP contribution in [0.5, 0.6) is 0 Å². The number of aromatic nitrogens is 3. The normalized spacial score (nSPS) is 19.5. The molecule has 0 spiro atoms. The Morgan fingerprint density at radius 1 is 1.75 bits per heavy atom.